The summed E-state index contributed by atoms with van der Waals surface area (Å²) in [7, 11) is -2.24. The molecule has 5 nitrogen and oxygen atoms in total. The molecule has 1 saturated heterocycles. The van der Waals surface area contributed by atoms with Crippen LogP contribution in [-0.2, 0) is 10.0 Å². The lowest BCUT2D eigenvalue weighted by atomic mass is 10.1. The largest absolute Gasteiger partial charge is 0.495 e. The maximum Gasteiger partial charge on any atom is 0.244 e. The van der Waals surface area contributed by atoms with Crippen molar-refractivity contribution in [1.82, 2.24) is 9.62 Å². The molecule has 9 heteroatoms. The van der Waals surface area contributed by atoms with Gasteiger partial charge in [-0.25, -0.2) is 8.42 Å². The Kier molecular flexibility index (Phi) is 8.59. The number of piperidine rings is 1. The molecule has 1 aliphatic heterocycles. The molecule has 0 aliphatic carbocycles. The van der Waals surface area contributed by atoms with Crippen LogP contribution >= 0.6 is 35.6 Å². The lowest BCUT2D eigenvalue weighted by Crippen LogP contribution is -2.46. The number of sulfonamides is 1. The van der Waals surface area contributed by atoms with E-state index in [1.54, 1.807) is 4.31 Å². The molecular weight excluding hydrogens is 395 g/mol. The summed E-state index contributed by atoms with van der Waals surface area (Å²) in [5, 5.41) is 3.61. The van der Waals surface area contributed by atoms with Crippen molar-refractivity contribution in [2.24, 2.45) is 0 Å². The molecule has 1 aliphatic rings. The molecule has 0 amide bonds. The van der Waals surface area contributed by atoms with E-state index >= 15 is 0 Å². The predicted octanol–water partition coefficient (Wildman–Crippen LogP) is 3.58. The first-order valence-electron chi connectivity index (χ1n) is 7.67. The molecule has 0 saturated carbocycles. The van der Waals surface area contributed by atoms with Crippen molar-refractivity contribution in [3.05, 3.63) is 22.2 Å². The van der Waals surface area contributed by atoms with Gasteiger partial charge in [-0.1, -0.05) is 30.1 Å². The minimum absolute atomic E-state index is 0. The molecule has 1 fully saturated rings. The van der Waals surface area contributed by atoms with Gasteiger partial charge in [0.05, 0.1) is 17.2 Å². The van der Waals surface area contributed by atoms with E-state index in [9.17, 15) is 8.42 Å². The van der Waals surface area contributed by atoms with Crippen LogP contribution < -0.4 is 10.1 Å². The second-order valence-corrected chi connectivity index (χ2v) is 8.19. The van der Waals surface area contributed by atoms with Gasteiger partial charge in [-0.15, -0.1) is 12.4 Å². The average Bonchev–Trinajstić information content (AvgIpc) is 2.54. The van der Waals surface area contributed by atoms with E-state index in [0.29, 0.717) is 12.3 Å². The second-order valence-electron chi connectivity index (χ2n) is 5.51. The highest BCUT2D eigenvalue weighted by molar-refractivity contribution is 7.89. The summed E-state index contributed by atoms with van der Waals surface area (Å²) in [4.78, 5) is 0.0388. The van der Waals surface area contributed by atoms with E-state index in [-0.39, 0.29) is 33.4 Å². The lowest BCUT2D eigenvalue weighted by molar-refractivity contribution is 0.262. The maximum atomic E-state index is 13.1. The topological polar surface area (TPSA) is 58.6 Å². The molecule has 0 radical (unpaired) electrons. The molecular formula is C15H23Cl3N2O3S. The normalized spacial score (nSPS) is 16.0. The van der Waals surface area contributed by atoms with Crippen molar-refractivity contribution in [2.75, 3.05) is 26.7 Å². The Morgan fingerprint density at radius 3 is 2.42 bits per heavy atom. The number of nitrogens with one attached hydrogen (secondary N) is 1. The van der Waals surface area contributed by atoms with Gasteiger partial charge in [0.25, 0.3) is 0 Å². The molecule has 0 unspecified atom stereocenters. The van der Waals surface area contributed by atoms with E-state index in [1.165, 1.54) is 19.2 Å². The van der Waals surface area contributed by atoms with Gasteiger partial charge in [-0.05, 0) is 38.4 Å². The minimum atomic E-state index is -3.71. The van der Waals surface area contributed by atoms with Gasteiger partial charge in [-0.2, -0.15) is 4.31 Å². The number of ether oxygens (including phenoxy) is 1. The summed E-state index contributed by atoms with van der Waals surface area (Å²) in [5.74, 6) is 0.361. The highest BCUT2D eigenvalue weighted by atomic mass is 35.5. The molecule has 1 heterocycles. The Morgan fingerprint density at radius 1 is 1.25 bits per heavy atom. The molecule has 1 N–H and O–H groups in total. The molecule has 0 spiro atoms. The van der Waals surface area contributed by atoms with Crippen LogP contribution in [0.2, 0.25) is 10.0 Å². The second kappa shape index (κ2) is 9.46. The van der Waals surface area contributed by atoms with Crippen molar-refractivity contribution in [3.63, 3.8) is 0 Å². The van der Waals surface area contributed by atoms with Crippen LogP contribution in [-0.4, -0.2) is 45.5 Å². The maximum absolute atomic E-state index is 13.1. The minimum Gasteiger partial charge on any atom is -0.495 e. The van der Waals surface area contributed by atoms with Gasteiger partial charge in [0.15, 0.2) is 0 Å². The van der Waals surface area contributed by atoms with Crippen LogP contribution in [0.3, 0.4) is 0 Å². The number of hydrogen-bond donors (Lipinski definition) is 1. The Labute approximate surface area is 160 Å². The van der Waals surface area contributed by atoms with Gasteiger partial charge in [0.1, 0.15) is 10.6 Å². The summed E-state index contributed by atoms with van der Waals surface area (Å²) in [5.41, 5.74) is 0. The first kappa shape index (κ1) is 21.8. The molecule has 24 heavy (non-hydrogen) atoms. The highest BCUT2D eigenvalue weighted by Gasteiger charge is 2.33. The zero-order valence-corrected chi connectivity index (χ0v) is 16.9. The van der Waals surface area contributed by atoms with Gasteiger partial charge in [-0.3, -0.25) is 0 Å². The Balaban J connectivity index is 0.00000288. The number of rotatable bonds is 6. The van der Waals surface area contributed by atoms with Crippen LogP contribution in [0.5, 0.6) is 5.75 Å². The van der Waals surface area contributed by atoms with Gasteiger partial charge < -0.3 is 10.1 Å². The van der Waals surface area contributed by atoms with Crippen molar-refractivity contribution in [3.8, 4) is 5.75 Å². The van der Waals surface area contributed by atoms with Gasteiger partial charge in [0, 0.05) is 18.7 Å². The van der Waals surface area contributed by atoms with Crippen molar-refractivity contribution in [2.45, 2.75) is 37.1 Å². The molecule has 0 bridgehead atoms. The molecule has 138 valence electrons. The first-order chi connectivity index (χ1) is 10.9. The fourth-order valence-corrected chi connectivity index (χ4v) is 5.41. The molecule has 1 aromatic carbocycles. The summed E-state index contributed by atoms with van der Waals surface area (Å²) < 4.78 is 32.9. The quantitative estimate of drug-likeness (QED) is 0.768. The summed E-state index contributed by atoms with van der Waals surface area (Å²) in [6.45, 7) is 4.06. The van der Waals surface area contributed by atoms with E-state index in [0.717, 1.165) is 32.4 Å². The SMILES string of the molecule is CCCN(C1CCNCC1)S(=O)(=O)c1cc(Cl)c(OC)cc1Cl.Cl. The lowest BCUT2D eigenvalue weighted by Gasteiger charge is -2.33. The number of nitrogens with zero attached hydrogens (tertiary/aromatic N) is 1. The van der Waals surface area contributed by atoms with Crippen LogP contribution in [0.25, 0.3) is 0 Å². The third-order valence-electron chi connectivity index (χ3n) is 3.95. The van der Waals surface area contributed by atoms with Crippen LogP contribution in [0.1, 0.15) is 26.2 Å². The molecule has 0 atom stereocenters. The van der Waals surface area contributed by atoms with Crippen LogP contribution in [0.4, 0.5) is 0 Å². The number of hydrogen-bond acceptors (Lipinski definition) is 4. The third-order valence-corrected chi connectivity index (χ3v) is 6.66. The fourth-order valence-electron chi connectivity index (χ4n) is 2.80. The zero-order valence-electron chi connectivity index (χ0n) is 13.7. The predicted molar refractivity (Wildman–Crippen MR) is 100 cm³/mol. The summed E-state index contributed by atoms with van der Waals surface area (Å²) >= 11 is 12.3. The Hall–Kier alpha value is -0.240. The molecule has 2 rings (SSSR count). The third kappa shape index (κ3) is 4.68. The number of halogens is 3. The van der Waals surface area contributed by atoms with E-state index in [1.807, 2.05) is 6.92 Å². The molecule has 1 aromatic rings. The first-order valence-corrected chi connectivity index (χ1v) is 9.87. The van der Waals surface area contributed by atoms with Crippen molar-refractivity contribution < 1.29 is 13.2 Å². The fraction of sp³-hybridized carbons (Fsp3) is 0.600. The average molecular weight is 418 g/mol. The van der Waals surface area contributed by atoms with Crippen LogP contribution in [0.15, 0.2) is 17.0 Å². The number of benzene rings is 1. The summed E-state index contributed by atoms with van der Waals surface area (Å²) in [6.07, 6.45) is 2.33. The standard InChI is InChI=1S/C15H22Cl2N2O3S.ClH/c1-3-8-19(11-4-6-18-7-5-11)23(20,21)15-10-12(16)14(22-2)9-13(15)17;/h9-11,18H,3-8H2,1-2H3;1H. The van der Waals surface area contributed by atoms with Crippen molar-refractivity contribution >= 4 is 45.6 Å². The monoisotopic (exact) mass is 416 g/mol. The number of methoxy groups -OCH3 is 1. The van der Waals surface area contributed by atoms with Crippen molar-refractivity contribution in [1.29, 1.82) is 0 Å². The zero-order chi connectivity index (χ0) is 17.0. The van der Waals surface area contributed by atoms with Gasteiger partial charge >= 0.3 is 0 Å². The van der Waals surface area contributed by atoms with E-state index in [2.05, 4.69) is 5.32 Å². The van der Waals surface area contributed by atoms with Gasteiger partial charge in [0.2, 0.25) is 10.0 Å². The van der Waals surface area contributed by atoms with Crippen LogP contribution in [0, 0.1) is 0 Å². The molecule has 0 aromatic heterocycles. The van der Waals surface area contributed by atoms with E-state index in [4.69, 9.17) is 27.9 Å². The highest BCUT2D eigenvalue weighted by Crippen LogP contribution is 2.35. The smallest absolute Gasteiger partial charge is 0.244 e. The van der Waals surface area contributed by atoms with E-state index < -0.39 is 10.0 Å². The Bertz CT molecular complexity index is 650. The summed E-state index contributed by atoms with van der Waals surface area (Å²) in [6, 6.07) is 2.81. The Morgan fingerprint density at radius 2 is 1.88 bits per heavy atom.